The Kier molecular flexibility index (Phi) is 2.59. The van der Waals surface area contributed by atoms with E-state index in [2.05, 4.69) is 64.6 Å². The fourth-order valence-electron chi connectivity index (χ4n) is 2.83. The number of nitrogens with one attached hydrogen (secondary N) is 2. The summed E-state index contributed by atoms with van der Waals surface area (Å²) in [5.41, 5.74) is 12.2. The molecular weight excluding hydrogens is 260 g/mol. The topological polar surface area (TPSA) is 70.5 Å². The van der Waals surface area contributed by atoms with Crippen LogP contribution in [-0.4, -0.2) is 15.2 Å². The highest BCUT2D eigenvalue weighted by Gasteiger charge is 2.11. The quantitative estimate of drug-likeness (QED) is 0.524. The van der Waals surface area contributed by atoms with Gasteiger partial charge in [-0.05, 0) is 36.2 Å². The van der Waals surface area contributed by atoms with Crippen LogP contribution in [0.1, 0.15) is 11.1 Å². The molecule has 4 rings (SSSR count). The predicted octanol–water partition coefficient (Wildman–Crippen LogP) is 3.48. The lowest BCUT2D eigenvalue weighted by Crippen LogP contribution is -1.94. The van der Waals surface area contributed by atoms with Crippen LogP contribution in [-0.2, 0) is 6.54 Å². The van der Waals surface area contributed by atoms with Crippen molar-refractivity contribution in [3.05, 3.63) is 53.6 Å². The normalized spacial score (nSPS) is 11.5. The number of para-hydroxylation sites is 1. The number of aryl methyl sites for hydroxylation is 1. The fourth-order valence-corrected chi connectivity index (χ4v) is 2.83. The maximum atomic E-state index is 5.71. The number of rotatable bonds is 2. The summed E-state index contributed by atoms with van der Waals surface area (Å²) in [6.45, 7) is 2.63. The number of aromatic amines is 2. The maximum Gasteiger partial charge on any atom is 0.0957 e. The highest BCUT2D eigenvalue weighted by molar-refractivity contribution is 5.96. The Morgan fingerprint density at radius 3 is 2.90 bits per heavy atom. The van der Waals surface area contributed by atoms with Crippen molar-refractivity contribution in [2.45, 2.75) is 13.5 Å². The molecule has 4 nitrogen and oxygen atoms in total. The molecule has 0 saturated carbocycles. The number of nitrogens with zero attached hydrogens (tertiary/aromatic N) is 1. The Morgan fingerprint density at radius 2 is 2.05 bits per heavy atom. The zero-order valence-corrected chi connectivity index (χ0v) is 11.8. The van der Waals surface area contributed by atoms with Crippen LogP contribution in [0.2, 0.25) is 0 Å². The Labute approximate surface area is 122 Å². The SMILES string of the molecule is Cc1cccc2c(-c3cc4cc(CN)ccc4[nH]3)[nH]nc12. The first-order chi connectivity index (χ1) is 10.3. The van der Waals surface area contributed by atoms with Gasteiger partial charge < -0.3 is 10.7 Å². The molecule has 0 spiro atoms. The van der Waals surface area contributed by atoms with Gasteiger partial charge >= 0.3 is 0 Å². The third-order valence-corrected chi connectivity index (χ3v) is 3.98. The summed E-state index contributed by atoms with van der Waals surface area (Å²) >= 11 is 0. The predicted molar refractivity (Wildman–Crippen MR) is 86.0 cm³/mol. The Morgan fingerprint density at radius 1 is 1.14 bits per heavy atom. The van der Waals surface area contributed by atoms with Crippen LogP contribution in [0.25, 0.3) is 33.2 Å². The summed E-state index contributed by atoms with van der Waals surface area (Å²) in [7, 11) is 0. The first kappa shape index (κ1) is 12.2. The molecule has 0 aliphatic carbocycles. The van der Waals surface area contributed by atoms with Gasteiger partial charge in [-0.1, -0.05) is 24.3 Å². The number of hydrogen-bond donors (Lipinski definition) is 3. The number of aromatic nitrogens is 3. The van der Waals surface area contributed by atoms with Gasteiger partial charge in [-0.3, -0.25) is 5.10 Å². The minimum absolute atomic E-state index is 0.558. The Balaban J connectivity index is 1.94. The van der Waals surface area contributed by atoms with Crippen molar-refractivity contribution in [3.63, 3.8) is 0 Å². The summed E-state index contributed by atoms with van der Waals surface area (Å²) in [6.07, 6.45) is 0. The molecule has 4 heteroatoms. The van der Waals surface area contributed by atoms with E-state index in [1.54, 1.807) is 0 Å². The second-order valence-corrected chi connectivity index (χ2v) is 5.38. The minimum atomic E-state index is 0.558. The van der Waals surface area contributed by atoms with Gasteiger partial charge in [0.1, 0.15) is 0 Å². The second-order valence-electron chi connectivity index (χ2n) is 5.38. The van der Waals surface area contributed by atoms with Crippen molar-refractivity contribution in [2.24, 2.45) is 5.73 Å². The van der Waals surface area contributed by atoms with Crippen molar-refractivity contribution in [3.8, 4) is 11.4 Å². The van der Waals surface area contributed by atoms with Crippen LogP contribution < -0.4 is 5.73 Å². The van der Waals surface area contributed by atoms with Crippen molar-refractivity contribution >= 4 is 21.8 Å². The van der Waals surface area contributed by atoms with E-state index in [1.165, 1.54) is 10.9 Å². The lowest BCUT2D eigenvalue weighted by atomic mass is 10.1. The van der Waals surface area contributed by atoms with Gasteiger partial charge in [-0.2, -0.15) is 5.10 Å². The zero-order valence-electron chi connectivity index (χ0n) is 11.8. The molecule has 0 atom stereocenters. The monoisotopic (exact) mass is 276 g/mol. The fraction of sp³-hybridized carbons (Fsp3) is 0.118. The van der Waals surface area contributed by atoms with Crippen molar-refractivity contribution < 1.29 is 0 Å². The summed E-state index contributed by atoms with van der Waals surface area (Å²) in [4.78, 5) is 3.45. The molecule has 2 aromatic heterocycles. The van der Waals surface area contributed by atoms with E-state index in [4.69, 9.17) is 5.73 Å². The molecule has 2 heterocycles. The van der Waals surface area contributed by atoms with Gasteiger partial charge in [-0.15, -0.1) is 0 Å². The van der Waals surface area contributed by atoms with Crippen molar-refractivity contribution in [2.75, 3.05) is 0 Å². The Hall–Kier alpha value is -2.59. The number of nitrogens with two attached hydrogens (primary N) is 1. The number of fused-ring (bicyclic) bond motifs is 2. The summed E-state index contributed by atoms with van der Waals surface area (Å²) < 4.78 is 0. The highest BCUT2D eigenvalue weighted by atomic mass is 15.1. The van der Waals surface area contributed by atoms with Gasteiger partial charge in [0.2, 0.25) is 0 Å². The number of H-pyrrole nitrogens is 2. The molecule has 0 amide bonds. The molecule has 4 aromatic rings. The van der Waals surface area contributed by atoms with Crippen molar-refractivity contribution in [1.29, 1.82) is 0 Å². The van der Waals surface area contributed by atoms with Crippen LogP contribution in [0, 0.1) is 6.92 Å². The van der Waals surface area contributed by atoms with Crippen LogP contribution in [0.4, 0.5) is 0 Å². The molecule has 2 aromatic carbocycles. The highest BCUT2D eigenvalue weighted by Crippen LogP contribution is 2.30. The molecule has 0 bridgehead atoms. The molecule has 0 aliphatic rings. The molecule has 0 aliphatic heterocycles. The molecule has 0 radical (unpaired) electrons. The average Bonchev–Trinajstić information content (AvgIpc) is 3.10. The van der Waals surface area contributed by atoms with Gasteiger partial charge in [0.05, 0.1) is 16.9 Å². The molecule has 0 fully saturated rings. The summed E-state index contributed by atoms with van der Waals surface area (Å²) in [6, 6.07) is 14.6. The van der Waals surface area contributed by atoms with Gasteiger partial charge in [0.25, 0.3) is 0 Å². The largest absolute Gasteiger partial charge is 0.353 e. The van der Waals surface area contributed by atoms with Crippen LogP contribution >= 0.6 is 0 Å². The smallest absolute Gasteiger partial charge is 0.0957 e. The van der Waals surface area contributed by atoms with E-state index in [0.717, 1.165) is 33.4 Å². The zero-order chi connectivity index (χ0) is 14.4. The first-order valence-electron chi connectivity index (χ1n) is 7.02. The lowest BCUT2D eigenvalue weighted by Gasteiger charge is -1.96. The Bertz CT molecular complexity index is 946. The maximum absolute atomic E-state index is 5.71. The summed E-state index contributed by atoms with van der Waals surface area (Å²) in [5.74, 6) is 0. The lowest BCUT2D eigenvalue weighted by molar-refractivity contribution is 1.08. The molecule has 4 N–H and O–H groups in total. The standard InChI is InChI=1S/C17H16N4/c1-10-3-2-4-13-16(10)20-21-17(13)15-8-12-7-11(9-18)5-6-14(12)19-15/h2-8,19H,9,18H2,1H3,(H,20,21). The second kappa shape index (κ2) is 4.46. The van der Waals surface area contributed by atoms with E-state index in [0.29, 0.717) is 6.54 Å². The van der Waals surface area contributed by atoms with Gasteiger partial charge in [0, 0.05) is 22.8 Å². The molecule has 0 saturated heterocycles. The number of hydrogen-bond acceptors (Lipinski definition) is 2. The third-order valence-electron chi connectivity index (χ3n) is 3.98. The van der Waals surface area contributed by atoms with E-state index in [1.807, 2.05) is 0 Å². The first-order valence-corrected chi connectivity index (χ1v) is 7.02. The third kappa shape index (κ3) is 1.84. The van der Waals surface area contributed by atoms with E-state index < -0.39 is 0 Å². The van der Waals surface area contributed by atoms with Crippen LogP contribution in [0.3, 0.4) is 0 Å². The molecule has 21 heavy (non-hydrogen) atoms. The van der Waals surface area contributed by atoms with E-state index in [-0.39, 0.29) is 0 Å². The van der Waals surface area contributed by atoms with Crippen LogP contribution in [0.5, 0.6) is 0 Å². The van der Waals surface area contributed by atoms with Crippen LogP contribution in [0.15, 0.2) is 42.5 Å². The minimum Gasteiger partial charge on any atom is -0.353 e. The average molecular weight is 276 g/mol. The van der Waals surface area contributed by atoms with E-state index >= 15 is 0 Å². The summed E-state index contributed by atoms with van der Waals surface area (Å²) in [5, 5.41) is 9.90. The molecular formula is C17H16N4. The van der Waals surface area contributed by atoms with Gasteiger partial charge in [-0.25, -0.2) is 0 Å². The molecule has 0 unspecified atom stereocenters. The van der Waals surface area contributed by atoms with E-state index in [9.17, 15) is 0 Å². The van der Waals surface area contributed by atoms with Gasteiger partial charge in [0.15, 0.2) is 0 Å². The number of benzene rings is 2. The van der Waals surface area contributed by atoms with Crippen molar-refractivity contribution in [1.82, 2.24) is 15.2 Å². The molecule has 104 valence electrons.